The normalized spacial score (nSPS) is 14.2. The van der Waals surface area contributed by atoms with Crippen LogP contribution in [0.3, 0.4) is 0 Å². The minimum Gasteiger partial charge on any atom is -0.493 e. The number of hydrogen-bond donors (Lipinski definition) is 2. The number of rotatable bonds is 4. The van der Waals surface area contributed by atoms with E-state index in [1.54, 1.807) is 35.4 Å². The van der Waals surface area contributed by atoms with Crippen molar-refractivity contribution in [2.45, 2.75) is 26.2 Å². The second-order valence-electron chi connectivity index (χ2n) is 9.20. The van der Waals surface area contributed by atoms with E-state index in [0.29, 0.717) is 16.9 Å². The molecule has 1 saturated heterocycles. The van der Waals surface area contributed by atoms with Crippen LogP contribution in [0.5, 0.6) is 5.88 Å². The van der Waals surface area contributed by atoms with Crippen LogP contribution in [0.15, 0.2) is 55.8 Å². The van der Waals surface area contributed by atoms with E-state index < -0.39 is 17.1 Å². The number of fused-ring (bicyclic) bond motifs is 1. The first kappa shape index (κ1) is 23.4. The molecule has 4 aromatic rings. The molecule has 0 aliphatic carbocycles. The molecule has 186 valence electrons. The van der Waals surface area contributed by atoms with Crippen LogP contribution in [0.25, 0.3) is 16.7 Å². The number of aromatic hydroxyl groups is 1. The zero-order valence-electron chi connectivity index (χ0n) is 20.5. The monoisotopic (exact) mass is 488 g/mol. The van der Waals surface area contributed by atoms with E-state index >= 15 is 0 Å². The molecule has 0 spiro atoms. The Morgan fingerprint density at radius 3 is 2.25 bits per heavy atom. The third-order valence-corrected chi connectivity index (χ3v) is 6.81. The lowest BCUT2D eigenvalue weighted by Gasteiger charge is -2.30. The van der Waals surface area contributed by atoms with Gasteiger partial charge in [-0.3, -0.25) is 23.9 Å². The van der Waals surface area contributed by atoms with Crippen LogP contribution < -0.4 is 21.8 Å². The molecule has 0 amide bonds. The topological polar surface area (TPSA) is 118 Å². The number of piperidine rings is 1. The quantitative estimate of drug-likeness (QED) is 0.428. The molecule has 1 fully saturated rings. The van der Waals surface area contributed by atoms with Gasteiger partial charge < -0.3 is 10.0 Å². The van der Waals surface area contributed by atoms with Gasteiger partial charge in [0.2, 0.25) is 5.88 Å². The first-order valence-electron chi connectivity index (χ1n) is 11.9. The Morgan fingerprint density at radius 1 is 0.944 bits per heavy atom. The SMILES string of the molecule is Cc1ccc(-n2c(O)c(C=Nc3cc4c(cc3N3CCCCC3)n(C)c(=O)n4C)c(=O)[nH]c2=O)cc1. The van der Waals surface area contributed by atoms with Crippen LogP contribution in [0.1, 0.15) is 30.4 Å². The number of hydrogen-bond acceptors (Lipinski definition) is 6. The average molecular weight is 489 g/mol. The van der Waals surface area contributed by atoms with Crippen LogP contribution in [0, 0.1) is 6.92 Å². The number of benzene rings is 2. The fraction of sp³-hybridized carbons (Fsp3) is 0.308. The lowest BCUT2D eigenvalue weighted by atomic mass is 10.1. The van der Waals surface area contributed by atoms with Crippen molar-refractivity contribution in [2.75, 3.05) is 18.0 Å². The molecule has 36 heavy (non-hydrogen) atoms. The average Bonchev–Trinajstić information content (AvgIpc) is 3.08. The van der Waals surface area contributed by atoms with E-state index in [1.165, 1.54) is 6.21 Å². The first-order chi connectivity index (χ1) is 17.3. The highest BCUT2D eigenvalue weighted by Gasteiger charge is 2.19. The van der Waals surface area contributed by atoms with Crippen molar-refractivity contribution < 1.29 is 5.11 Å². The minimum absolute atomic E-state index is 0.137. The molecule has 2 N–H and O–H groups in total. The molecular formula is C26H28N6O4. The Hall–Kier alpha value is -4.34. The summed E-state index contributed by atoms with van der Waals surface area (Å²) in [7, 11) is 3.44. The molecule has 0 atom stereocenters. The zero-order valence-corrected chi connectivity index (χ0v) is 20.5. The van der Waals surface area contributed by atoms with Crippen LogP contribution in [-0.2, 0) is 14.1 Å². The molecule has 10 nitrogen and oxygen atoms in total. The van der Waals surface area contributed by atoms with Gasteiger partial charge in [-0.05, 0) is 50.5 Å². The maximum Gasteiger partial charge on any atom is 0.335 e. The van der Waals surface area contributed by atoms with Gasteiger partial charge in [-0.25, -0.2) is 14.2 Å². The van der Waals surface area contributed by atoms with Crippen molar-refractivity contribution in [1.29, 1.82) is 0 Å². The van der Waals surface area contributed by atoms with Crippen LogP contribution in [0.4, 0.5) is 11.4 Å². The van der Waals surface area contributed by atoms with E-state index in [9.17, 15) is 19.5 Å². The smallest absolute Gasteiger partial charge is 0.335 e. The third-order valence-electron chi connectivity index (χ3n) is 6.81. The van der Waals surface area contributed by atoms with E-state index in [4.69, 9.17) is 0 Å². The summed E-state index contributed by atoms with van der Waals surface area (Å²) >= 11 is 0. The number of nitrogens with zero attached hydrogens (tertiary/aromatic N) is 5. The van der Waals surface area contributed by atoms with Gasteiger partial charge in [0, 0.05) is 33.4 Å². The van der Waals surface area contributed by atoms with Gasteiger partial charge >= 0.3 is 11.4 Å². The molecule has 1 aliphatic heterocycles. The van der Waals surface area contributed by atoms with Crippen LogP contribution in [0.2, 0.25) is 0 Å². The number of aromatic amines is 1. The highest BCUT2D eigenvalue weighted by molar-refractivity contribution is 5.91. The Morgan fingerprint density at radius 2 is 1.58 bits per heavy atom. The number of aliphatic imine (C=N–C) groups is 1. The number of aryl methyl sites for hydroxylation is 3. The molecule has 2 aromatic heterocycles. The van der Waals surface area contributed by atoms with Crippen molar-refractivity contribution in [2.24, 2.45) is 19.1 Å². The van der Waals surface area contributed by atoms with Gasteiger partial charge in [0.1, 0.15) is 5.56 Å². The molecular weight excluding hydrogens is 460 g/mol. The number of aromatic nitrogens is 4. The van der Waals surface area contributed by atoms with Crippen molar-refractivity contribution >= 4 is 28.6 Å². The molecule has 1 aliphatic rings. The number of nitrogens with one attached hydrogen (secondary N) is 1. The van der Waals surface area contributed by atoms with Crippen molar-refractivity contribution in [3.63, 3.8) is 0 Å². The first-order valence-corrected chi connectivity index (χ1v) is 11.9. The summed E-state index contributed by atoms with van der Waals surface area (Å²) in [6.45, 7) is 3.63. The Balaban J connectivity index is 1.67. The van der Waals surface area contributed by atoms with E-state index in [0.717, 1.165) is 53.7 Å². The molecule has 5 rings (SSSR count). The second-order valence-corrected chi connectivity index (χ2v) is 9.20. The summed E-state index contributed by atoms with van der Waals surface area (Å²) in [6.07, 6.45) is 4.53. The molecule has 0 bridgehead atoms. The summed E-state index contributed by atoms with van der Waals surface area (Å²) in [5.41, 5.74) is 2.56. The third kappa shape index (κ3) is 3.94. The van der Waals surface area contributed by atoms with Crippen molar-refractivity contribution in [1.82, 2.24) is 18.7 Å². The number of H-pyrrole nitrogens is 1. The van der Waals surface area contributed by atoms with Crippen LogP contribution in [-0.4, -0.2) is 43.1 Å². The van der Waals surface area contributed by atoms with E-state index in [2.05, 4.69) is 14.9 Å². The number of anilines is 1. The number of imidazole rings is 1. The van der Waals surface area contributed by atoms with Gasteiger partial charge in [0.15, 0.2) is 0 Å². The Labute approximate surface area is 206 Å². The maximum atomic E-state index is 12.6. The molecule has 0 radical (unpaired) electrons. The summed E-state index contributed by atoms with van der Waals surface area (Å²) in [6, 6.07) is 10.8. The Kier molecular flexibility index (Phi) is 5.87. The molecule has 10 heteroatoms. The van der Waals surface area contributed by atoms with Gasteiger partial charge in [-0.1, -0.05) is 17.7 Å². The Bertz CT molecular complexity index is 1660. The summed E-state index contributed by atoms with van der Waals surface area (Å²) < 4.78 is 4.19. The highest BCUT2D eigenvalue weighted by atomic mass is 16.3. The standard InChI is InChI=1S/C26H28N6O4/c1-16-7-9-17(10-8-16)32-24(34)18(23(33)28-25(32)35)15-27-19-13-21-22(30(3)26(36)29(21)2)14-20(19)31-11-5-4-6-12-31/h7-10,13-15,34H,4-6,11-12H2,1-3H3,(H,28,33,35). The predicted molar refractivity (Wildman–Crippen MR) is 141 cm³/mol. The predicted octanol–water partition coefficient (Wildman–Crippen LogP) is 2.47. The minimum atomic E-state index is -0.742. The molecule has 0 unspecified atom stereocenters. The van der Waals surface area contributed by atoms with Crippen molar-refractivity contribution in [3.05, 3.63) is 78.8 Å². The second kappa shape index (κ2) is 9.03. The van der Waals surface area contributed by atoms with Crippen LogP contribution >= 0.6 is 0 Å². The molecule has 0 saturated carbocycles. The van der Waals surface area contributed by atoms with Gasteiger partial charge in [-0.15, -0.1) is 0 Å². The van der Waals surface area contributed by atoms with Gasteiger partial charge in [-0.2, -0.15) is 0 Å². The van der Waals surface area contributed by atoms with E-state index in [-0.39, 0.29) is 11.3 Å². The van der Waals surface area contributed by atoms with Gasteiger partial charge in [0.05, 0.1) is 28.1 Å². The summed E-state index contributed by atoms with van der Waals surface area (Å²) in [4.78, 5) is 46.8. The fourth-order valence-corrected chi connectivity index (χ4v) is 4.74. The molecule has 2 aromatic carbocycles. The highest BCUT2D eigenvalue weighted by Crippen LogP contribution is 2.35. The van der Waals surface area contributed by atoms with Gasteiger partial charge in [0.25, 0.3) is 5.56 Å². The lowest BCUT2D eigenvalue weighted by Crippen LogP contribution is -2.31. The maximum absolute atomic E-state index is 12.6. The molecule has 3 heterocycles. The van der Waals surface area contributed by atoms with Crippen molar-refractivity contribution in [3.8, 4) is 11.6 Å². The lowest BCUT2D eigenvalue weighted by molar-refractivity contribution is 0.430. The summed E-state index contributed by atoms with van der Waals surface area (Å²) in [5.74, 6) is -0.496. The summed E-state index contributed by atoms with van der Waals surface area (Å²) in [5, 5.41) is 10.9. The fourth-order valence-electron chi connectivity index (χ4n) is 4.74. The largest absolute Gasteiger partial charge is 0.493 e. The zero-order chi connectivity index (χ0) is 25.6. The van der Waals surface area contributed by atoms with E-state index in [1.807, 2.05) is 31.2 Å².